The highest BCUT2D eigenvalue weighted by Crippen LogP contribution is 2.24. The standard InChI is InChI=1S/C12H19NO4S/c1-4-10(8-14)13-18(15,16)12-7-9(2)5-6-11(12)17-3/h5-7,10,13-14H,4,8H2,1-3H3/t10-/m0/s1. The molecule has 0 heterocycles. The molecule has 0 saturated heterocycles. The molecule has 0 amide bonds. The van der Waals surface area contributed by atoms with Gasteiger partial charge in [0, 0.05) is 6.04 Å². The first kappa shape index (κ1) is 14.9. The van der Waals surface area contributed by atoms with E-state index in [0.29, 0.717) is 12.2 Å². The van der Waals surface area contributed by atoms with Crippen molar-refractivity contribution >= 4 is 10.0 Å². The highest BCUT2D eigenvalue weighted by molar-refractivity contribution is 7.89. The van der Waals surface area contributed by atoms with Crippen LogP contribution in [0, 0.1) is 6.92 Å². The lowest BCUT2D eigenvalue weighted by Crippen LogP contribution is -2.37. The Kier molecular flexibility index (Phi) is 5.13. The summed E-state index contributed by atoms with van der Waals surface area (Å²) in [7, 11) is -2.26. The van der Waals surface area contributed by atoms with Gasteiger partial charge < -0.3 is 9.84 Å². The molecule has 0 unspecified atom stereocenters. The van der Waals surface area contributed by atoms with Crippen molar-refractivity contribution in [3.63, 3.8) is 0 Å². The van der Waals surface area contributed by atoms with Gasteiger partial charge in [0.15, 0.2) is 0 Å². The zero-order valence-electron chi connectivity index (χ0n) is 10.8. The van der Waals surface area contributed by atoms with Crippen LogP contribution in [0.4, 0.5) is 0 Å². The van der Waals surface area contributed by atoms with E-state index in [0.717, 1.165) is 5.56 Å². The van der Waals surface area contributed by atoms with E-state index in [-0.39, 0.29) is 11.5 Å². The molecule has 0 aliphatic heterocycles. The van der Waals surface area contributed by atoms with Crippen molar-refractivity contribution < 1.29 is 18.3 Å². The van der Waals surface area contributed by atoms with Crippen LogP contribution >= 0.6 is 0 Å². The molecule has 0 radical (unpaired) electrons. The molecule has 1 atom stereocenters. The van der Waals surface area contributed by atoms with Crippen molar-refractivity contribution in [2.24, 2.45) is 0 Å². The second-order valence-electron chi connectivity index (χ2n) is 4.06. The van der Waals surface area contributed by atoms with Gasteiger partial charge in [-0.05, 0) is 31.0 Å². The third-order valence-corrected chi connectivity index (χ3v) is 4.19. The Morgan fingerprint density at radius 1 is 1.44 bits per heavy atom. The first-order valence-electron chi connectivity index (χ1n) is 5.72. The second kappa shape index (κ2) is 6.17. The summed E-state index contributed by atoms with van der Waals surface area (Å²) in [6.07, 6.45) is 0.518. The van der Waals surface area contributed by atoms with Crippen LogP contribution in [0.25, 0.3) is 0 Å². The minimum atomic E-state index is -3.68. The maximum absolute atomic E-state index is 12.2. The predicted octanol–water partition coefficient (Wildman–Crippen LogP) is 1.05. The van der Waals surface area contributed by atoms with E-state index in [2.05, 4.69) is 4.72 Å². The molecule has 1 aromatic carbocycles. The van der Waals surface area contributed by atoms with E-state index in [1.807, 2.05) is 6.92 Å². The summed E-state index contributed by atoms with van der Waals surface area (Å²) in [4.78, 5) is 0.0944. The number of methoxy groups -OCH3 is 1. The van der Waals surface area contributed by atoms with Crippen LogP contribution in [0.15, 0.2) is 23.1 Å². The molecule has 1 aromatic rings. The molecule has 102 valence electrons. The van der Waals surface area contributed by atoms with E-state index in [1.165, 1.54) is 7.11 Å². The maximum atomic E-state index is 12.2. The lowest BCUT2D eigenvalue weighted by atomic mass is 10.2. The van der Waals surface area contributed by atoms with Crippen LogP contribution in [0.1, 0.15) is 18.9 Å². The average molecular weight is 273 g/mol. The summed E-state index contributed by atoms with van der Waals surface area (Å²) in [5.74, 6) is 0.292. The fourth-order valence-electron chi connectivity index (χ4n) is 1.53. The Labute approximate surface area is 108 Å². The molecule has 2 N–H and O–H groups in total. The van der Waals surface area contributed by atoms with Gasteiger partial charge in [-0.15, -0.1) is 0 Å². The van der Waals surface area contributed by atoms with Crippen LogP contribution in [-0.4, -0.2) is 33.3 Å². The van der Waals surface area contributed by atoms with E-state index in [1.54, 1.807) is 25.1 Å². The summed E-state index contributed by atoms with van der Waals surface area (Å²) >= 11 is 0. The highest BCUT2D eigenvalue weighted by Gasteiger charge is 2.22. The topological polar surface area (TPSA) is 75.6 Å². The molecule has 0 aliphatic rings. The van der Waals surface area contributed by atoms with E-state index >= 15 is 0 Å². The Morgan fingerprint density at radius 2 is 2.11 bits per heavy atom. The smallest absolute Gasteiger partial charge is 0.244 e. The van der Waals surface area contributed by atoms with Crippen molar-refractivity contribution in [3.05, 3.63) is 23.8 Å². The van der Waals surface area contributed by atoms with Crippen LogP contribution in [0.5, 0.6) is 5.75 Å². The Bertz CT molecular complexity index is 495. The van der Waals surface area contributed by atoms with Gasteiger partial charge in [-0.25, -0.2) is 13.1 Å². The molecule has 0 aliphatic carbocycles. The van der Waals surface area contributed by atoms with Crippen molar-refractivity contribution in [2.75, 3.05) is 13.7 Å². The van der Waals surface area contributed by atoms with E-state index < -0.39 is 16.1 Å². The summed E-state index contributed by atoms with van der Waals surface area (Å²) < 4.78 is 31.9. The monoisotopic (exact) mass is 273 g/mol. The summed E-state index contributed by atoms with van der Waals surface area (Å²) in [6.45, 7) is 3.38. The normalized spacial score (nSPS) is 13.3. The Balaban J connectivity index is 3.15. The molecule has 0 fully saturated rings. The van der Waals surface area contributed by atoms with Gasteiger partial charge in [0.2, 0.25) is 10.0 Å². The second-order valence-corrected chi connectivity index (χ2v) is 5.75. The maximum Gasteiger partial charge on any atom is 0.244 e. The van der Waals surface area contributed by atoms with Crippen molar-refractivity contribution in [1.82, 2.24) is 4.72 Å². The molecule has 0 bridgehead atoms. The minimum absolute atomic E-state index is 0.0944. The minimum Gasteiger partial charge on any atom is -0.495 e. The number of hydrogen-bond acceptors (Lipinski definition) is 4. The molecule has 0 aromatic heterocycles. The lowest BCUT2D eigenvalue weighted by Gasteiger charge is -2.16. The van der Waals surface area contributed by atoms with Crippen LogP contribution in [-0.2, 0) is 10.0 Å². The average Bonchev–Trinajstić information content (AvgIpc) is 2.36. The highest BCUT2D eigenvalue weighted by atomic mass is 32.2. The van der Waals surface area contributed by atoms with Gasteiger partial charge in [-0.3, -0.25) is 0 Å². The van der Waals surface area contributed by atoms with E-state index in [4.69, 9.17) is 9.84 Å². The molecule has 0 saturated carbocycles. The number of aryl methyl sites for hydroxylation is 1. The van der Waals surface area contributed by atoms with Crippen LogP contribution < -0.4 is 9.46 Å². The molecule has 0 spiro atoms. The third kappa shape index (κ3) is 3.44. The third-order valence-electron chi connectivity index (χ3n) is 2.64. The number of ether oxygens (including phenoxy) is 1. The number of benzene rings is 1. The summed E-state index contributed by atoms with van der Waals surface area (Å²) in [5.41, 5.74) is 0.827. The van der Waals surface area contributed by atoms with E-state index in [9.17, 15) is 8.42 Å². The van der Waals surface area contributed by atoms with Gasteiger partial charge in [0.05, 0.1) is 13.7 Å². The zero-order valence-corrected chi connectivity index (χ0v) is 11.6. The molecular weight excluding hydrogens is 254 g/mol. The van der Waals surface area contributed by atoms with Crippen molar-refractivity contribution in [3.8, 4) is 5.75 Å². The van der Waals surface area contributed by atoms with Gasteiger partial charge in [-0.1, -0.05) is 13.0 Å². The number of sulfonamides is 1. The number of nitrogens with one attached hydrogen (secondary N) is 1. The molecule has 5 nitrogen and oxygen atoms in total. The quantitative estimate of drug-likeness (QED) is 0.812. The summed E-state index contributed by atoms with van der Waals surface area (Å²) in [6, 6.07) is 4.45. The summed E-state index contributed by atoms with van der Waals surface area (Å²) in [5, 5.41) is 9.06. The lowest BCUT2D eigenvalue weighted by molar-refractivity contribution is 0.253. The van der Waals surface area contributed by atoms with Gasteiger partial charge in [0.1, 0.15) is 10.6 Å². The van der Waals surface area contributed by atoms with Gasteiger partial charge in [0.25, 0.3) is 0 Å². The predicted molar refractivity (Wildman–Crippen MR) is 69.2 cm³/mol. The van der Waals surface area contributed by atoms with Gasteiger partial charge >= 0.3 is 0 Å². The molecular formula is C12H19NO4S. The zero-order chi connectivity index (χ0) is 13.8. The van der Waals surface area contributed by atoms with Crippen molar-refractivity contribution in [2.45, 2.75) is 31.2 Å². The largest absolute Gasteiger partial charge is 0.495 e. The van der Waals surface area contributed by atoms with Crippen molar-refractivity contribution in [1.29, 1.82) is 0 Å². The SMILES string of the molecule is CC[C@@H](CO)NS(=O)(=O)c1cc(C)ccc1OC. The Morgan fingerprint density at radius 3 is 2.61 bits per heavy atom. The fraction of sp³-hybridized carbons (Fsp3) is 0.500. The van der Waals surface area contributed by atoms with Gasteiger partial charge in [-0.2, -0.15) is 0 Å². The first-order chi connectivity index (χ1) is 8.44. The number of aliphatic hydroxyl groups is 1. The molecule has 18 heavy (non-hydrogen) atoms. The number of rotatable bonds is 6. The number of hydrogen-bond donors (Lipinski definition) is 2. The van der Waals surface area contributed by atoms with Crippen LogP contribution in [0.3, 0.4) is 0 Å². The van der Waals surface area contributed by atoms with Crippen LogP contribution in [0.2, 0.25) is 0 Å². The Hall–Kier alpha value is -1.11. The molecule has 1 rings (SSSR count). The first-order valence-corrected chi connectivity index (χ1v) is 7.20. The fourth-order valence-corrected chi connectivity index (χ4v) is 3.09. The number of aliphatic hydroxyl groups excluding tert-OH is 1. The molecule has 6 heteroatoms.